The Morgan fingerprint density at radius 2 is 0.664 bits per heavy atom. The van der Waals surface area contributed by atoms with Crippen LogP contribution in [0.25, 0.3) is 0 Å². The van der Waals surface area contributed by atoms with E-state index < -0.39 is 45.7 Å². The van der Waals surface area contributed by atoms with Crippen LogP contribution in [0.15, 0.2) is 272 Å². The third kappa shape index (κ3) is 32.6. The molecule has 0 radical (unpaired) electrons. The van der Waals surface area contributed by atoms with Gasteiger partial charge in [-0.15, -0.1) is 0 Å². The van der Waals surface area contributed by atoms with Crippen molar-refractivity contribution in [2.24, 2.45) is 0 Å². The zero-order valence-electron chi connectivity index (χ0n) is 75.1. The van der Waals surface area contributed by atoms with Gasteiger partial charge >= 0.3 is 6.03 Å². The number of morpholine rings is 3. The molecule has 15 rings (SSSR count). The van der Waals surface area contributed by atoms with Gasteiger partial charge in [-0.1, -0.05) is 232 Å². The lowest BCUT2D eigenvalue weighted by atomic mass is 9.74. The van der Waals surface area contributed by atoms with Crippen LogP contribution in [0.3, 0.4) is 0 Å². The lowest BCUT2D eigenvalue weighted by molar-refractivity contribution is -0.122. The monoisotopic (exact) mass is 2070 g/mol. The number of nitrogens with one attached hydrogen (secondary N) is 5. The molecule has 137 heavy (non-hydrogen) atoms. The number of hydrogen-bond acceptors (Lipinski definition) is 15. The van der Waals surface area contributed by atoms with E-state index in [0.717, 1.165) is 168 Å². The molecule has 6 aliphatic rings. The fraction of sp³-hybridized carbons (Fsp3) is 0.353. The van der Waals surface area contributed by atoms with E-state index in [4.69, 9.17) is 145 Å². The summed E-state index contributed by atoms with van der Waals surface area (Å²) < 4.78 is 68.9. The van der Waals surface area contributed by atoms with Gasteiger partial charge in [-0.25, -0.2) is 18.0 Å². The number of ether oxygens (including phenoxy) is 6. The molecule has 35 heteroatoms. The Morgan fingerprint density at radius 3 is 0.993 bits per heavy atom. The topological polar surface area (TPSA) is 220 Å². The number of rotatable bonds is 36. The first kappa shape index (κ1) is 105. The summed E-state index contributed by atoms with van der Waals surface area (Å²) in [4.78, 5) is 78.2. The Hall–Kier alpha value is -9.40. The van der Waals surface area contributed by atoms with Crippen molar-refractivity contribution in [2.75, 3.05) is 163 Å². The van der Waals surface area contributed by atoms with Gasteiger partial charge in [-0.05, 0) is 213 Å². The maximum Gasteiger partial charge on any atom is 0.326 e. The molecule has 9 aromatic carbocycles. The van der Waals surface area contributed by atoms with E-state index in [2.05, 4.69) is 41.3 Å². The minimum Gasteiger partial charge on any atom is -0.493 e. The predicted molar refractivity (Wildman–Crippen MR) is 544 cm³/mol. The quantitative estimate of drug-likeness (QED) is 0.0107. The summed E-state index contributed by atoms with van der Waals surface area (Å²) >= 11 is 58.9. The summed E-state index contributed by atoms with van der Waals surface area (Å²) in [5.74, 6) is -1.44. The maximum absolute atomic E-state index is 13.8. The van der Waals surface area contributed by atoms with Crippen LogP contribution in [-0.2, 0) is 47.9 Å². The highest BCUT2D eigenvalue weighted by molar-refractivity contribution is 7.80. The number of benzene rings is 9. The van der Waals surface area contributed by atoms with Crippen molar-refractivity contribution >= 4 is 180 Å². The van der Waals surface area contributed by atoms with Gasteiger partial charge in [0.1, 0.15) is 34.7 Å². The zero-order valence-corrected chi connectivity index (χ0v) is 82.7. The normalized spacial score (nSPS) is 18.3. The van der Waals surface area contributed by atoms with E-state index in [-0.39, 0.29) is 42.5 Å². The second-order valence-corrected chi connectivity index (χ2v) is 41.4. The minimum absolute atomic E-state index is 0.178. The van der Waals surface area contributed by atoms with Crippen LogP contribution in [0, 0.1) is 17.5 Å². The molecule has 6 amide bonds. The minimum atomic E-state index is -2.16. The summed E-state index contributed by atoms with van der Waals surface area (Å²) in [6.07, 6.45) is 10.7. The number of thiocarbonyl (C=S) groups is 1. The van der Waals surface area contributed by atoms with Crippen LogP contribution < -0.4 is 55.5 Å². The third-order valence-electron chi connectivity index (χ3n) is 23.5. The number of alkyl halides is 9. The van der Waals surface area contributed by atoms with E-state index in [1.807, 2.05) is 175 Å². The van der Waals surface area contributed by atoms with Gasteiger partial charge in [-0.2, -0.15) is 0 Å². The zero-order chi connectivity index (χ0) is 97.0. The van der Waals surface area contributed by atoms with Gasteiger partial charge < -0.3 is 64.8 Å². The number of carbonyl (C=O) groups excluding carboxylic acids is 5. The second kappa shape index (κ2) is 50.1. The van der Waals surface area contributed by atoms with Crippen LogP contribution in [0.5, 0.6) is 17.2 Å². The molecule has 5 N–H and O–H groups in total. The lowest BCUT2D eigenvalue weighted by Crippen LogP contribution is -2.57. The third-order valence-corrected chi connectivity index (χ3v) is 25.3. The van der Waals surface area contributed by atoms with Gasteiger partial charge in [0.05, 0.1) is 76.1 Å². The van der Waals surface area contributed by atoms with Crippen molar-refractivity contribution in [3.63, 3.8) is 0 Å². The van der Waals surface area contributed by atoms with Crippen molar-refractivity contribution in [3.8, 4) is 17.2 Å². The van der Waals surface area contributed by atoms with Crippen molar-refractivity contribution in [2.45, 2.75) is 85.8 Å². The SMILES string of the molecule is O=C(NC1(Cc2ccc(F)cc2)C=C(CN(C(=S)Nc2ccccc2)c2cccc(OCCCN3CCOCC3)c2)C1)C(Cl)(Cl)Cl.O=C(Nc1ccccc1)N(CC1=CC(Cc2ccc(F)cc2)(NC(=O)C(Cl)(Cl)Cl)C1)c1cccc(OCCCN2CCOCC2)c1.O=C(c1ccccc1)N(CC1=CC(Cc2ccc(F)cc2)(NC(=O)C(Cl)(Cl)Cl)C1)c1cccc(OCCCN2CCOCC2)c1. The number of nitrogens with zero attached hydrogens (tertiary/aromatic N) is 6. The van der Waals surface area contributed by atoms with Crippen molar-refractivity contribution in [3.05, 3.63) is 311 Å². The molecular weight excluding hydrogens is 1960 g/mol. The molecule has 726 valence electrons. The van der Waals surface area contributed by atoms with Crippen LogP contribution in [0.1, 0.15) is 65.6 Å². The number of halogens is 12. The van der Waals surface area contributed by atoms with E-state index >= 15 is 0 Å². The van der Waals surface area contributed by atoms with E-state index in [1.165, 1.54) is 36.4 Å². The van der Waals surface area contributed by atoms with E-state index in [9.17, 15) is 37.1 Å². The summed E-state index contributed by atoms with van der Waals surface area (Å²) in [6.45, 7) is 15.6. The average molecular weight is 2070 g/mol. The summed E-state index contributed by atoms with van der Waals surface area (Å²) in [6, 6.07) is 68.5. The first-order valence-electron chi connectivity index (χ1n) is 45.0. The predicted octanol–water partition coefficient (Wildman–Crippen LogP) is 20.1. The fourth-order valence-electron chi connectivity index (χ4n) is 16.9. The van der Waals surface area contributed by atoms with Gasteiger partial charge in [0, 0.05) is 131 Å². The Labute approximate surface area is 847 Å². The highest BCUT2D eigenvalue weighted by Gasteiger charge is 2.47. The summed E-state index contributed by atoms with van der Waals surface area (Å²) in [5.41, 5.74) is 6.85. The average Bonchev–Trinajstić information content (AvgIpc) is 0.768. The smallest absolute Gasteiger partial charge is 0.326 e. The standard InChI is InChI=1S/C34H36Cl3FN4O4.C34H36Cl3FN4O3S.C34H35Cl3FN3O4/c35-34(36,37)31(43)40-33(21-25-10-12-27(38)13-11-25)22-26(23-33)24-42(32(44)39-28-6-2-1-3-7-28)29-8-4-9-30(20-29)46-17-5-14-41-15-18-45-19-16-41;35-34(36,37)31(43)40-33(21-25-10-12-27(38)13-11-25)22-26(23-33)24-42(32(46)39-28-6-2-1-3-7-28)29-8-4-9-30(20-29)45-17-5-14-41-15-18-44-19-16-41;35-34(36,37)32(43)39-33(21-25-10-12-28(38)13-11-25)22-26(23-33)24-41(31(42)27-6-2-1-3-7-27)29-8-4-9-30(20-29)45-17-5-14-40-15-18-44-19-16-40/h1-4,6-13,20,22H,5,14-19,21,23-24H2,(H,39,44)(H,40,43);1-4,6-13,20,22H,5,14-19,21,23-24H2,(H,39,46)(H,40,43);1-4,6-13,20,22H,5,14-19,21,23-24H2,(H,39,43). The van der Waals surface area contributed by atoms with Gasteiger partial charge in [0.25, 0.3) is 35.0 Å². The number of carbonyl (C=O) groups is 5. The van der Waals surface area contributed by atoms with Gasteiger partial charge in [0.15, 0.2) is 5.11 Å². The first-order chi connectivity index (χ1) is 65.8. The number of anilines is 5. The summed E-state index contributed by atoms with van der Waals surface area (Å²) in [5, 5.41) is 15.4. The number of amides is 6. The molecule has 3 saturated heterocycles. The number of urea groups is 1. The van der Waals surface area contributed by atoms with Crippen LogP contribution >= 0.6 is 117 Å². The second-order valence-electron chi connectivity index (χ2n) is 34.2. The number of para-hydroxylation sites is 2. The Bertz CT molecular complexity index is 5380. The molecule has 0 bridgehead atoms. The molecule has 0 aromatic heterocycles. The van der Waals surface area contributed by atoms with Gasteiger partial charge in [0.2, 0.25) is 0 Å². The Morgan fingerprint density at radius 1 is 0.372 bits per heavy atom. The largest absolute Gasteiger partial charge is 0.493 e. The molecule has 0 spiro atoms. The van der Waals surface area contributed by atoms with Crippen LogP contribution in [-0.4, -0.2) is 215 Å². The molecule has 3 fully saturated rings. The number of hydrogen-bond donors (Lipinski definition) is 5. The molecule has 0 saturated carbocycles. The highest BCUT2D eigenvalue weighted by atomic mass is 35.6. The lowest BCUT2D eigenvalue weighted by Gasteiger charge is -2.43. The molecule has 9 aromatic rings. The molecule has 3 aliphatic carbocycles. The van der Waals surface area contributed by atoms with Crippen LogP contribution in [0.2, 0.25) is 0 Å². The van der Waals surface area contributed by atoms with Crippen molar-refractivity contribution in [1.82, 2.24) is 30.7 Å². The van der Waals surface area contributed by atoms with Crippen LogP contribution in [0.4, 0.5) is 46.4 Å². The van der Waals surface area contributed by atoms with Gasteiger partial charge in [-0.3, -0.25) is 38.8 Å². The summed E-state index contributed by atoms with van der Waals surface area (Å²) in [7, 11) is 0. The first-order valence-corrected chi connectivity index (χ1v) is 48.8. The molecular formula is C102H107Cl9F3N11O11S. The maximum atomic E-state index is 13.8. The molecule has 3 heterocycles. The fourth-order valence-corrected chi connectivity index (χ4v) is 17.6. The molecule has 3 atom stereocenters. The Balaban J connectivity index is 0.000000174. The molecule has 22 nitrogen and oxygen atoms in total. The highest BCUT2D eigenvalue weighted by Crippen LogP contribution is 2.43. The van der Waals surface area contributed by atoms with E-state index in [1.54, 1.807) is 58.3 Å². The van der Waals surface area contributed by atoms with E-state index in [0.29, 0.717) is 104 Å². The molecule has 3 aliphatic heterocycles. The Kier molecular flexibility index (Phi) is 38.4. The van der Waals surface area contributed by atoms with Crippen molar-refractivity contribution < 1.29 is 65.6 Å². The van der Waals surface area contributed by atoms with Crippen molar-refractivity contribution in [1.29, 1.82) is 0 Å². The molecule has 3 unspecified atom stereocenters.